The number of hydrogen-bond donors (Lipinski definition) is 2. The molecule has 1 aromatic heterocycles. The molecule has 0 atom stereocenters. The van der Waals surface area contributed by atoms with Gasteiger partial charge in [-0.15, -0.1) is 0 Å². The molecule has 1 saturated carbocycles. The third-order valence-corrected chi connectivity index (χ3v) is 6.94. The number of fused-ring (bicyclic) bond motifs is 1. The van der Waals surface area contributed by atoms with Crippen LogP contribution in [0.5, 0.6) is 5.75 Å². The quantitative estimate of drug-likeness (QED) is 0.173. The minimum Gasteiger partial charge on any atom is -0.487 e. The minimum absolute atomic E-state index is 0.0487. The van der Waals surface area contributed by atoms with E-state index >= 15 is 0 Å². The van der Waals surface area contributed by atoms with Crippen LogP contribution in [0.1, 0.15) is 55.5 Å². The van der Waals surface area contributed by atoms with Crippen LogP contribution < -0.4 is 10.5 Å². The molecule has 37 heavy (non-hydrogen) atoms. The van der Waals surface area contributed by atoms with Crippen molar-refractivity contribution in [3.63, 3.8) is 0 Å². The fourth-order valence-electron chi connectivity index (χ4n) is 5.09. The van der Waals surface area contributed by atoms with Crippen molar-refractivity contribution in [3.05, 3.63) is 83.6 Å². The van der Waals surface area contributed by atoms with Crippen LogP contribution in [-0.2, 0) is 22.6 Å². The summed E-state index contributed by atoms with van der Waals surface area (Å²) in [5, 5.41) is 13.9. The second-order valence-corrected chi connectivity index (χ2v) is 9.43. The number of hydrogen-bond acceptors (Lipinski definition) is 5. The van der Waals surface area contributed by atoms with Crippen molar-refractivity contribution >= 4 is 22.7 Å². The van der Waals surface area contributed by atoms with Gasteiger partial charge in [0.2, 0.25) is 0 Å². The highest BCUT2D eigenvalue weighted by Crippen LogP contribution is 2.35. The number of nitrogen functional groups attached to an aromatic ring is 1. The van der Waals surface area contributed by atoms with Gasteiger partial charge in [-0.2, -0.15) is 5.10 Å². The van der Waals surface area contributed by atoms with Gasteiger partial charge in [0.05, 0.1) is 24.6 Å². The summed E-state index contributed by atoms with van der Waals surface area (Å²) in [5.41, 5.74) is 11.2. The molecular weight excluding hydrogens is 464 g/mol. The molecule has 0 unspecified atom stereocenters. The minimum atomic E-state index is -0.271. The van der Waals surface area contributed by atoms with Gasteiger partial charge in [-0.1, -0.05) is 55.3 Å². The van der Waals surface area contributed by atoms with Crippen molar-refractivity contribution in [1.29, 1.82) is 5.41 Å². The highest BCUT2D eigenvalue weighted by molar-refractivity contribution is 5.96. The molecule has 5 rings (SSSR count). The predicted octanol–water partition coefficient (Wildman–Crippen LogP) is 5.79. The van der Waals surface area contributed by atoms with E-state index in [1.54, 1.807) is 6.92 Å². The van der Waals surface area contributed by atoms with E-state index in [0.29, 0.717) is 24.0 Å². The van der Waals surface area contributed by atoms with Crippen LogP contribution >= 0.6 is 0 Å². The fourth-order valence-corrected chi connectivity index (χ4v) is 5.09. The monoisotopic (exact) mass is 496 g/mol. The summed E-state index contributed by atoms with van der Waals surface area (Å²) in [6.07, 6.45) is 4.85. The van der Waals surface area contributed by atoms with E-state index in [0.717, 1.165) is 46.1 Å². The number of nitrogens with one attached hydrogen (secondary N) is 1. The third kappa shape index (κ3) is 5.35. The van der Waals surface area contributed by atoms with Gasteiger partial charge < -0.3 is 15.2 Å². The molecule has 0 bridgehead atoms. The number of aromatic nitrogens is 2. The summed E-state index contributed by atoms with van der Waals surface area (Å²) in [7, 11) is 0. The largest absolute Gasteiger partial charge is 0.487 e. The molecule has 0 aliphatic heterocycles. The van der Waals surface area contributed by atoms with E-state index in [1.807, 2.05) is 48.5 Å². The maximum Gasteiger partial charge on any atom is 0.310 e. The summed E-state index contributed by atoms with van der Waals surface area (Å²) in [6, 6.07) is 22.1. The molecule has 190 valence electrons. The number of nitrogens with zero attached hydrogens (tertiary/aromatic N) is 2. The Bertz CT molecular complexity index is 1440. The maximum atomic E-state index is 12.1. The van der Waals surface area contributed by atoms with Gasteiger partial charge in [-0.3, -0.25) is 14.9 Å². The van der Waals surface area contributed by atoms with Gasteiger partial charge in [0.1, 0.15) is 23.9 Å². The molecule has 7 heteroatoms. The van der Waals surface area contributed by atoms with Crippen molar-refractivity contribution in [3.8, 4) is 16.9 Å². The van der Waals surface area contributed by atoms with Gasteiger partial charge in [-0.25, -0.2) is 0 Å². The SMILES string of the molecule is CCOC(=O)Cc1ccccc1OCc1nn(C2CCCC2)c2ccc(-c3cccc(C(=N)N)c3)cc12. The van der Waals surface area contributed by atoms with Crippen molar-refractivity contribution in [2.24, 2.45) is 5.73 Å². The summed E-state index contributed by atoms with van der Waals surface area (Å²) >= 11 is 0. The lowest BCUT2D eigenvalue weighted by Gasteiger charge is -2.12. The smallest absolute Gasteiger partial charge is 0.310 e. The van der Waals surface area contributed by atoms with E-state index in [9.17, 15) is 4.79 Å². The molecule has 0 saturated heterocycles. The van der Waals surface area contributed by atoms with Crippen LogP contribution in [-0.4, -0.2) is 28.2 Å². The Balaban J connectivity index is 1.49. The first-order chi connectivity index (χ1) is 18.0. The molecular formula is C30H32N4O3. The standard InChI is InChI=1S/C30H32N4O3/c1-2-36-29(35)18-22-8-3-6-13-28(22)37-19-26-25-17-21(20-9-7-10-23(16-20)30(31)32)14-15-27(25)34(33-26)24-11-4-5-12-24/h3,6-10,13-17,24H,2,4-5,11-12,18-19H2,1H3,(H3,31,32). The topological polar surface area (TPSA) is 103 Å². The van der Waals surface area contributed by atoms with E-state index in [1.165, 1.54) is 12.8 Å². The van der Waals surface area contributed by atoms with Crippen molar-refractivity contribution < 1.29 is 14.3 Å². The average molecular weight is 497 g/mol. The number of esters is 1. The Morgan fingerprint density at radius 3 is 2.62 bits per heavy atom. The van der Waals surface area contributed by atoms with Crippen LogP contribution in [0, 0.1) is 5.41 Å². The summed E-state index contributed by atoms with van der Waals surface area (Å²) in [5.74, 6) is 0.434. The number of benzene rings is 3. The molecule has 0 spiro atoms. The lowest BCUT2D eigenvalue weighted by Crippen LogP contribution is -2.10. The van der Waals surface area contributed by atoms with Crippen molar-refractivity contribution in [1.82, 2.24) is 9.78 Å². The number of ether oxygens (including phenoxy) is 2. The van der Waals surface area contributed by atoms with Crippen LogP contribution in [0.2, 0.25) is 0 Å². The molecule has 1 heterocycles. The molecule has 1 aliphatic rings. The normalized spacial score (nSPS) is 13.6. The van der Waals surface area contributed by atoms with Crippen LogP contribution in [0.4, 0.5) is 0 Å². The van der Waals surface area contributed by atoms with Gasteiger partial charge in [0, 0.05) is 16.5 Å². The number of carbonyl (C=O) groups is 1. The zero-order chi connectivity index (χ0) is 25.8. The summed E-state index contributed by atoms with van der Waals surface area (Å²) in [6.45, 7) is 2.44. The summed E-state index contributed by atoms with van der Waals surface area (Å²) < 4.78 is 13.6. The Morgan fingerprint density at radius 1 is 1.05 bits per heavy atom. The third-order valence-electron chi connectivity index (χ3n) is 6.94. The van der Waals surface area contributed by atoms with Gasteiger partial charge in [0.15, 0.2) is 0 Å². The predicted molar refractivity (Wildman–Crippen MR) is 145 cm³/mol. The van der Waals surface area contributed by atoms with E-state index in [2.05, 4.69) is 22.9 Å². The first-order valence-corrected chi connectivity index (χ1v) is 12.9. The number of nitrogens with two attached hydrogens (primary N) is 1. The second-order valence-electron chi connectivity index (χ2n) is 9.43. The van der Waals surface area contributed by atoms with E-state index in [4.69, 9.17) is 25.7 Å². The Kier molecular flexibility index (Phi) is 7.21. The summed E-state index contributed by atoms with van der Waals surface area (Å²) in [4.78, 5) is 12.1. The second kappa shape index (κ2) is 10.9. The highest BCUT2D eigenvalue weighted by Gasteiger charge is 2.22. The number of carbonyl (C=O) groups excluding carboxylic acids is 1. The number of para-hydroxylation sites is 1. The van der Waals surface area contributed by atoms with Crippen LogP contribution in [0.15, 0.2) is 66.7 Å². The van der Waals surface area contributed by atoms with Crippen molar-refractivity contribution in [2.75, 3.05) is 6.61 Å². The average Bonchev–Trinajstić information content (AvgIpc) is 3.56. The maximum absolute atomic E-state index is 12.1. The van der Waals surface area contributed by atoms with Crippen molar-refractivity contribution in [2.45, 2.75) is 51.7 Å². The Hall–Kier alpha value is -4.13. The zero-order valence-electron chi connectivity index (χ0n) is 21.1. The molecule has 0 amide bonds. The van der Waals surface area contributed by atoms with Gasteiger partial charge in [0.25, 0.3) is 0 Å². The molecule has 0 radical (unpaired) electrons. The fraction of sp³-hybridized carbons (Fsp3) is 0.300. The van der Waals surface area contributed by atoms with E-state index < -0.39 is 0 Å². The Labute approximate surface area is 216 Å². The molecule has 1 aliphatic carbocycles. The molecule has 7 nitrogen and oxygen atoms in total. The first-order valence-electron chi connectivity index (χ1n) is 12.9. The van der Waals surface area contributed by atoms with Gasteiger partial charge >= 0.3 is 5.97 Å². The van der Waals surface area contributed by atoms with Gasteiger partial charge in [-0.05, 0) is 55.2 Å². The lowest BCUT2D eigenvalue weighted by molar-refractivity contribution is -0.142. The molecule has 3 N–H and O–H groups in total. The van der Waals surface area contributed by atoms with Crippen LogP contribution in [0.3, 0.4) is 0 Å². The van der Waals surface area contributed by atoms with E-state index in [-0.39, 0.29) is 24.8 Å². The molecule has 3 aromatic carbocycles. The number of rotatable bonds is 9. The first kappa shape index (κ1) is 24.6. The molecule has 1 fully saturated rings. The van der Waals surface area contributed by atoms with Crippen LogP contribution in [0.25, 0.3) is 22.0 Å². The highest BCUT2D eigenvalue weighted by atomic mass is 16.5. The zero-order valence-corrected chi connectivity index (χ0v) is 21.1. The Morgan fingerprint density at radius 2 is 1.84 bits per heavy atom. The molecule has 4 aromatic rings. The lowest BCUT2D eigenvalue weighted by atomic mass is 10.0. The number of amidine groups is 1.